The monoisotopic (exact) mass is 180 g/mol. The summed E-state index contributed by atoms with van der Waals surface area (Å²) in [7, 11) is 0. The summed E-state index contributed by atoms with van der Waals surface area (Å²) in [5, 5.41) is 0. The molecule has 2 heteroatoms. The van der Waals surface area contributed by atoms with Crippen LogP contribution in [0.25, 0.3) is 0 Å². The summed E-state index contributed by atoms with van der Waals surface area (Å²) in [6.07, 6.45) is 7.08. The van der Waals surface area contributed by atoms with Crippen molar-refractivity contribution in [2.45, 2.75) is 27.2 Å². The molecule has 0 aromatic heterocycles. The number of hydrogen-bond donors (Lipinski definition) is 2. The lowest BCUT2D eigenvalue weighted by Gasteiger charge is -2.01. The molecule has 0 aromatic carbocycles. The van der Waals surface area contributed by atoms with Crippen LogP contribution >= 0.6 is 0 Å². The maximum Gasteiger partial charge on any atom is 0.0174 e. The lowest BCUT2D eigenvalue weighted by molar-refractivity contribution is 1.10. The standard InChI is InChI=1S/C11H20N2/c1-4-10(6-9(3)13)7-11(5-2)8-12/h5-7H,4,8,12-13H2,1-3H3/b9-6+,10-7-,11-5+. The summed E-state index contributed by atoms with van der Waals surface area (Å²) < 4.78 is 0. The summed E-state index contributed by atoms with van der Waals surface area (Å²) >= 11 is 0. The van der Waals surface area contributed by atoms with Crippen molar-refractivity contribution in [3.63, 3.8) is 0 Å². The molecular formula is C11H20N2. The van der Waals surface area contributed by atoms with Crippen molar-refractivity contribution in [2.24, 2.45) is 11.5 Å². The van der Waals surface area contributed by atoms with Crippen molar-refractivity contribution in [2.75, 3.05) is 6.54 Å². The minimum Gasteiger partial charge on any atom is -0.402 e. The molecule has 0 aliphatic heterocycles. The summed E-state index contributed by atoms with van der Waals surface area (Å²) in [5.41, 5.74) is 14.4. The van der Waals surface area contributed by atoms with Gasteiger partial charge in [-0.2, -0.15) is 0 Å². The van der Waals surface area contributed by atoms with Gasteiger partial charge in [0.15, 0.2) is 0 Å². The van der Waals surface area contributed by atoms with Crippen molar-refractivity contribution >= 4 is 0 Å². The van der Waals surface area contributed by atoms with Crippen LogP contribution in [0, 0.1) is 0 Å². The Morgan fingerprint density at radius 2 is 1.85 bits per heavy atom. The van der Waals surface area contributed by atoms with Crippen LogP contribution in [-0.2, 0) is 0 Å². The largest absolute Gasteiger partial charge is 0.402 e. The van der Waals surface area contributed by atoms with Crippen LogP contribution in [0.15, 0.2) is 35.1 Å². The third kappa shape index (κ3) is 5.26. The highest BCUT2D eigenvalue weighted by atomic mass is 14.5. The van der Waals surface area contributed by atoms with Crippen LogP contribution in [-0.4, -0.2) is 6.54 Å². The topological polar surface area (TPSA) is 52.0 Å². The first-order valence-electron chi connectivity index (χ1n) is 4.63. The van der Waals surface area contributed by atoms with E-state index in [1.807, 2.05) is 26.0 Å². The average Bonchev–Trinajstić information content (AvgIpc) is 2.11. The van der Waals surface area contributed by atoms with Crippen molar-refractivity contribution in [1.82, 2.24) is 0 Å². The van der Waals surface area contributed by atoms with Crippen molar-refractivity contribution < 1.29 is 0 Å². The molecule has 0 saturated heterocycles. The van der Waals surface area contributed by atoms with Crippen LogP contribution < -0.4 is 11.5 Å². The van der Waals surface area contributed by atoms with Crippen LogP contribution in [0.2, 0.25) is 0 Å². The van der Waals surface area contributed by atoms with E-state index in [-0.39, 0.29) is 0 Å². The fraction of sp³-hybridized carbons (Fsp3) is 0.455. The normalized spacial score (nSPS) is 14.9. The molecule has 0 bridgehead atoms. The first-order chi connectivity index (χ1) is 6.13. The van der Waals surface area contributed by atoms with E-state index in [1.54, 1.807) is 0 Å². The summed E-state index contributed by atoms with van der Waals surface area (Å²) in [6, 6.07) is 0. The number of rotatable bonds is 4. The SMILES string of the molecule is C\C=C(/C=C(\C=C(/C)N)CC)CN. The summed E-state index contributed by atoms with van der Waals surface area (Å²) in [5.74, 6) is 0. The molecule has 0 amide bonds. The summed E-state index contributed by atoms with van der Waals surface area (Å²) in [4.78, 5) is 0. The highest BCUT2D eigenvalue weighted by Gasteiger charge is 1.92. The molecule has 0 aromatic rings. The zero-order valence-corrected chi connectivity index (χ0v) is 8.80. The van der Waals surface area contributed by atoms with Gasteiger partial charge in [-0.05, 0) is 37.5 Å². The first-order valence-corrected chi connectivity index (χ1v) is 4.63. The van der Waals surface area contributed by atoms with Crippen molar-refractivity contribution in [1.29, 1.82) is 0 Å². The van der Waals surface area contributed by atoms with Gasteiger partial charge in [0.25, 0.3) is 0 Å². The Kier molecular flexibility index (Phi) is 5.98. The lowest BCUT2D eigenvalue weighted by atomic mass is 10.1. The molecule has 0 unspecified atom stereocenters. The van der Waals surface area contributed by atoms with Gasteiger partial charge in [-0.3, -0.25) is 0 Å². The molecule has 0 rings (SSSR count). The molecule has 0 spiro atoms. The van der Waals surface area contributed by atoms with Crippen molar-refractivity contribution in [3.8, 4) is 0 Å². The van der Waals surface area contributed by atoms with E-state index in [2.05, 4.69) is 13.0 Å². The van der Waals surface area contributed by atoms with E-state index in [0.717, 1.165) is 17.7 Å². The Bertz CT molecular complexity index is 230. The maximum atomic E-state index is 5.60. The number of allylic oxidation sites excluding steroid dienone is 4. The third-order valence-electron chi connectivity index (χ3n) is 1.80. The third-order valence-corrected chi connectivity index (χ3v) is 1.80. The maximum absolute atomic E-state index is 5.60. The zero-order chi connectivity index (χ0) is 10.3. The highest BCUT2D eigenvalue weighted by molar-refractivity contribution is 5.31. The zero-order valence-electron chi connectivity index (χ0n) is 8.80. The van der Waals surface area contributed by atoms with Gasteiger partial charge in [-0.15, -0.1) is 0 Å². The quantitative estimate of drug-likeness (QED) is 0.651. The molecule has 0 atom stereocenters. The predicted octanol–water partition coefficient (Wildman–Crippen LogP) is 2.09. The van der Waals surface area contributed by atoms with Gasteiger partial charge in [0.05, 0.1) is 0 Å². The second kappa shape index (κ2) is 6.49. The molecule has 0 fully saturated rings. The first kappa shape index (κ1) is 12.0. The molecule has 13 heavy (non-hydrogen) atoms. The smallest absolute Gasteiger partial charge is 0.0174 e. The highest BCUT2D eigenvalue weighted by Crippen LogP contribution is 2.08. The van der Waals surface area contributed by atoms with Gasteiger partial charge in [0, 0.05) is 12.2 Å². The van der Waals surface area contributed by atoms with Gasteiger partial charge < -0.3 is 11.5 Å². The Balaban J connectivity index is 4.65. The molecule has 0 aliphatic rings. The van der Waals surface area contributed by atoms with E-state index in [9.17, 15) is 0 Å². The molecule has 4 N–H and O–H groups in total. The van der Waals surface area contributed by atoms with Crippen LogP contribution in [0.1, 0.15) is 27.2 Å². The second-order valence-corrected chi connectivity index (χ2v) is 3.03. The van der Waals surface area contributed by atoms with Gasteiger partial charge in [0.1, 0.15) is 0 Å². The van der Waals surface area contributed by atoms with Crippen LogP contribution in [0.5, 0.6) is 0 Å². The predicted molar refractivity (Wildman–Crippen MR) is 59.1 cm³/mol. The van der Waals surface area contributed by atoms with Crippen LogP contribution in [0.3, 0.4) is 0 Å². The van der Waals surface area contributed by atoms with Crippen molar-refractivity contribution in [3.05, 3.63) is 35.1 Å². The molecule has 0 aliphatic carbocycles. The number of nitrogens with two attached hydrogens (primary N) is 2. The minimum atomic E-state index is 0.581. The Morgan fingerprint density at radius 3 is 2.15 bits per heavy atom. The fourth-order valence-electron chi connectivity index (χ4n) is 1.04. The van der Waals surface area contributed by atoms with E-state index in [0.29, 0.717) is 6.54 Å². The molecule has 0 radical (unpaired) electrons. The van der Waals surface area contributed by atoms with Gasteiger partial charge >= 0.3 is 0 Å². The molecule has 0 heterocycles. The fourth-order valence-corrected chi connectivity index (χ4v) is 1.04. The van der Waals surface area contributed by atoms with Gasteiger partial charge in [0.2, 0.25) is 0 Å². The molecule has 0 saturated carbocycles. The van der Waals surface area contributed by atoms with Crippen LogP contribution in [0.4, 0.5) is 0 Å². The second-order valence-electron chi connectivity index (χ2n) is 3.03. The van der Waals surface area contributed by atoms with Gasteiger partial charge in [-0.25, -0.2) is 0 Å². The van der Waals surface area contributed by atoms with E-state index in [1.165, 1.54) is 5.57 Å². The van der Waals surface area contributed by atoms with E-state index >= 15 is 0 Å². The number of hydrogen-bond acceptors (Lipinski definition) is 2. The minimum absolute atomic E-state index is 0.581. The molecule has 74 valence electrons. The lowest BCUT2D eigenvalue weighted by Crippen LogP contribution is -2.01. The Labute approximate surface area is 81.0 Å². The van der Waals surface area contributed by atoms with Gasteiger partial charge in [-0.1, -0.05) is 19.1 Å². The Hall–Kier alpha value is -1.02. The summed E-state index contributed by atoms with van der Waals surface area (Å²) in [6.45, 7) is 6.57. The van der Waals surface area contributed by atoms with E-state index in [4.69, 9.17) is 11.5 Å². The molecule has 2 nitrogen and oxygen atoms in total. The average molecular weight is 180 g/mol. The molecular weight excluding hydrogens is 160 g/mol. The van der Waals surface area contributed by atoms with E-state index < -0.39 is 0 Å². The Morgan fingerprint density at radius 1 is 1.23 bits per heavy atom.